The summed E-state index contributed by atoms with van der Waals surface area (Å²) in [5, 5.41) is 3.61. The number of methoxy groups -OCH3 is 3. The zero-order valence-corrected chi connectivity index (χ0v) is 12.4. The van der Waals surface area contributed by atoms with Crippen LogP contribution in [0.5, 0.6) is 17.2 Å². The van der Waals surface area contributed by atoms with Crippen LogP contribution in [0, 0.1) is 5.92 Å². The monoisotopic (exact) mass is 277 g/mol. The summed E-state index contributed by atoms with van der Waals surface area (Å²) in [4.78, 5) is 0. The van der Waals surface area contributed by atoms with Gasteiger partial charge in [0.2, 0.25) is 5.75 Å². The molecule has 0 aromatic heterocycles. The fourth-order valence-electron chi connectivity index (χ4n) is 2.80. The highest BCUT2D eigenvalue weighted by Crippen LogP contribution is 2.51. The van der Waals surface area contributed by atoms with Gasteiger partial charge in [0.05, 0.1) is 21.3 Å². The van der Waals surface area contributed by atoms with Crippen LogP contribution in [-0.2, 0) is 0 Å². The quantitative estimate of drug-likeness (QED) is 0.831. The second kappa shape index (κ2) is 5.52. The van der Waals surface area contributed by atoms with Crippen molar-refractivity contribution in [2.45, 2.75) is 31.2 Å². The number of rotatable bonds is 7. The molecule has 2 saturated carbocycles. The van der Waals surface area contributed by atoms with Gasteiger partial charge in [-0.2, -0.15) is 0 Å². The van der Waals surface area contributed by atoms with Gasteiger partial charge in [-0.1, -0.05) is 0 Å². The first-order valence-corrected chi connectivity index (χ1v) is 7.30. The molecule has 0 aliphatic heterocycles. The zero-order chi connectivity index (χ0) is 14.1. The molecule has 0 saturated heterocycles. The fraction of sp³-hybridized carbons (Fsp3) is 0.625. The minimum Gasteiger partial charge on any atom is -0.493 e. The van der Waals surface area contributed by atoms with Crippen LogP contribution in [-0.4, -0.2) is 33.9 Å². The smallest absolute Gasteiger partial charge is 0.203 e. The number of hydrogen-bond donors (Lipinski definition) is 1. The topological polar surface area (TPSA) is 39.7 Å². The third kappa shape index (κ3) is 2.70. The predicted octanol–water partition coefficient (Wildman–Crippen LogP) is 2.57. The summed E-state index contributed by atoms with van der Waals surface area (Å²) in [7, 11) is 4.97. The zero-order valence-electron chi connectivity index (χ0n) is 12.4. The maximum atomic E-state index is 5.42. The minimum absolute atomic E-state index is 0.620. The van der Waals surface area contributed by atoms with Crippen molar-refractivity contribution in [2.24, 2.45) is 5.92 Å². The van der Waals surface area contributed by atoms with E-state index in [9.17, 15) is 0 Å². The van der Waals surface area contributed by atoms with E-state index in [0.29, 0.717) is 11.7 Å². The minimum atomic E-state index is 0.620. The summed E-state index contributed by atoms with van der Waals surface area (Å²) >= 11 is 0. The van der Waals surface area contributed by atoms with Crippen LogP contribution in [0.4, 0.5) is 0 Å². The second-order valence-corrected chi connectivity index (χ2v) is 5.74. The summed E-state index contributed by atoms with van der Waals surface area (Å²) in [6.45, 7) is 1.13. The Hall–Kier alpha value is -1.42. The van der Waals surface area contributed by atoms with Gasteiger partial charge in [0.1, 0.15) is 0 Å². The van der Waals surface area contributed by atoms with Crippen LogP contribution in [0.1, 0.15) is 30.7 Å². The molecular formula is C16H23NO3. The van der Waals surface area contributed by atoms with Crippen molar-refractivity contribution in [1.29, 1.82) is 0 Å². The Morgan fingerprint density at radius 2 is 1.70 bits per heavy atom. The Labute approximate surface area is 120 Å². The lowest BCUT2D eigenvalue weighted by Crippen LogP contribution is -2.19. The van der Waals surface area contributed by atoms with Crippen molar-refractivity contribution in [2.75, 3.05) is 27.9 Å². The highest BCUT2D eigenvalue weighted by molar-refractivity contribution is 5.55. The normalized spacial score (nSPS) is 24.4. The molecule has 2 aliphatic rings. The maximum absolute atomic E-state index is 5.42. The fourth-order valence-corrected chi connectivity index (χ4v) is 2.80. The molecule has 20 heavy (non-hydrogen) atoms. The molecule has 3 rings (SSSR count). The lowest BCUT2D eigenvalue weighted by Gasteiger charge is -2.14. The standard InChI is InChI=1S/C16H23NO3/c1-18-14-7-10(8-15(19-2)16(14)20-3)13-6-11(13)9-17-12-4-5-12/h7-8,11-13,17H,4-6,9H2,1-3H3. The van der Waals surface area contributed by atoms with E-state index in [0.717, 1.165) is 30.0 Å². The second-order valence-electron chi connectivity index (χ2n) is 5.74. The van der Waals surface area contributed by atoms with Crippen molar-refractivity contribution in [3.63, 3.8) is 0 Å². The van der Waals surface area contributed by atoms with Gasteiger partial charge in [0.15, 0.2) is 11.5 Å². The van der Waals surface area contributed by atoms with E-state index < -0.39 is 0 Å². The third-order valence-corrected chi connectivity index (χ3v) is 4.28. The van der Waals surface area contributed by atoms with Crippen molar-refractivity contribution in [3.8, 4) is 17.2 Å². The van der Waals surface area contributed by atoms with Crippen molar-refractivity contribution in [1.82, 2.24) is 5.32 Å². The van der Waals surface area contributed by atoms with Crippen LogP contribution in [0.15, 0.2) is 12.1 Å². The van der Waals surface area contributed by atoms with Crippen LogP contribution >= 0.6 is 0 Å². The van der Waals surface area contributed by atoms with E-state index in [2.05, 4.69) is 17.4 Å². The summed E-state index contributed by atoms with van der Waals surface area (Å²) < 4.78 is 16.2. The first kappa shape index (κ1) is 13.6. The number of nitrogens with one attached hydrogen (secondary N) is 1. The van der Waals surface area contributed by atoms with Crippen LogP contribution in [0.25, 0.3) is 0 Å². The third-order valence-electron chi connectivity index (χ3n) is 4.28. The molecule has 0 bridgehead atoms. The van der Waals surface area contributed by atoms with E-state index in [1.54, 1.807) is 21.3 Å². The van der Waals surface area contributed by atoms with Crippen molar-refractivity contribution < 1.29 is 14.2 Å². The molecule has 2 fully saturated rings. The average Bonchev–Trinajstić information content (AvgIpc) is 3.37. The van der Waals surface area contributed by atoms with Crippen LogP contribution in [0.2, 0.25) is 0 Å². The van der Waals surface area contributed by atoms with Gasteiger partial charge in [-0.05, 0) is 55.3 Å². The molecule has 0 heterocycles. The van der Waals surface area contributed by atoms with E-state index in [4.69, 9.17) is 14.2 Å². The van der Waals surface area contributed by atoms with Crippen molar-refractivity contribution in [3.05, 3.63) is 17.7 Å². The Bertz CT molecular complexity index is 460. The first-order chi connectivity index (χ1) is 9.76. The summed E-state index contributed by atoms with van der Waals surface area (Å²) in [5.41, 5.74) is 1.29. The summed E-state index contributed by atoms with van der Waals surface area (Å²) in [5.74, 6) is 3.55. The van der Waals surface area contributed by atoms with E-state index >= 15 is 0 Å². The molecule has 110 valence electrons. The lowest BCUT2D eigenvalue weighted by molar-refractivity contribution is 0.323. The number of benzene rings is 1. The molecule has 1 N–H and O–H groups in total. The van der Waals surface area contributed by atoms with Gasteiger partial charge in [0.25, 0.3) is 0 Å². The van der Waals surface area contributed by atoms with Gasteiger partial charge in [0, 0.05) is 6.04 Å². The van der Waals surface area contributed by atoms with Gasteiger partial charge in [-0.15, -0.1) is 0 Å². The van der Waals surface area contributed by atoms with Crippen LogP contribution < -0.4 is 19.5 Å². The highest BCUT2D eigenvalue weighted by atomic mass is 16.5. The number of hydrogen-bond acceptors (Lipinski definition) is 4. The molecule has 4 nitrogen and oxygen atoms in total. The van der Waals surface area contributed by atoms with E-state index in [1.165, 1.54) is 24.8 Å². The highest BCUT2D eigenvalue weighted by Gasteiger charge is 2.39. The van der Waals surface area contributed by atoms with Gasteiger partial charge >= 0.3 is 0 Å². The lowest BCUT2D eigenvalue weighted by atomic mass is 10.1. The van der Waals surface area contributed by atoms with Gasteiger partial charge in [-0.25, -0.2) is 0 Å². The molecule has 1 aromatic rings. The predicted molar refractivity (Wildman–Crippen MR) is 78.0 cm³/mol. The van der Waals surface area contributed by atoms with E-state index in [-0.39, 0.29) is 0 Å². The van der Waals surface area contributed by atoms with Gasteiger partial charge < -0.3 is 19.5 Å². The molecule has 0 radical (unpaired) electrons. The van der Waals surface area contributed by atoms with Gasteiger partial charge in [-0.3, -0.25) is 0 Å². The largest absolute Gasteiger partial charge is 0.493 e. The average molecular weight is 277 g/mol. The molecule has 2 unspecified atom stereocenters. The molecule has 0 spiro atoms. The Morgan fingerprint density at radius 1 is 1.05 bits per heavy atom. The Morgan fingerprint density at radius 3 is 2.20 bits per heavy atom. The van der Waals surface area contributed by atoms with Crippen molar-refractivity contribution >= 4 is 0 Å². The molecular weight excluding hydrogens is 254 g/mol. The first-order valence-electron chi connectivity index (χ1n) is 7.30. The molecule has 0 amide bonds. The Balaban J connectivity index is 1.73. The number of ether oxygens (including phenoxy) is 3. The molecule has 2 aliphatic carbocycles. The molecule has 2 atom stereocenters. The maximum Gasteiger partial charge on any atom is 0.203 e. The van der Waals surface area contributed by atoms with Crippen LogP contribution in [0.3, 0.4) is 0 Å². The SMILES string of the molecule is COc1cc(C2CC2CNC2CC2)cc(OC)c1OC. The summed E-state index contributed by atoms with van der Waals surface area (Å²) in [6.07, 6.45) is 3.95. The Kier molecular flexibility index (Phi) is 3.74. The van der Waals surface area contributed by atoms with E-state index in [1.807, 2.05) is 0 Å². The summed E-state index contributed by atoms with van der Waals surface area (Å²) in [6, 6.07) is 4.96. The molecule has 1 aromatic carbocycles. The molecule has 4 heteroatoms.